The van der Waals surface area contributed by atoms with Crippen molar-refractivity contribution in [2.24, 2.45) is 0 Å². The molecule has 0 unspecified atom stereocenters. The van der Waals surface area contributed by atoms with E-state index in [1.807, 2.05) is 0 Å². The molecule has 3 aromatic carbocycles. The molecule has 0 aliphatic heterocycles. The van der Waals surface area contributed by atoms with Crippen LogP contribution in [0.15, 0.2) is 76.5 Å². The number of methoxy groups -OCH3 is 1. The lowest BCUT2D eigenvalue weighted by Gasteiger charge is -2.13. The highest BCUT2D eigenvalue weighted by molar-refractivity contribution is 7.93. The third-order valence-electron chi connectivity index (χ3n) is 3.94. The first-order valence-electron chi connectivity index (χ1n) is 8.35. The van der Waals surface area contributed by atoms with Gasteiger partial charge in [-0.1, -0.05) is 23.2 Å². The second-order valence-electron chi connectivity index (χ2n) is 6.04. The van der Waals surface area contributed by atoms with E-state index in [1.54, 1.807) is 0 Å². The number of nitrogens with one attached hydrogen (secondary N) is 2. The molecule has 11 heteroatoms. The topological polar surface area (TPSA) is 102 Å². The van der Waals surface area contributed by atoms with Gasteiger partial charge in [0, 0.05) is 10.7 Å². The smallest absolute Gasteiger partial charge is 0.263 e. The van der Waals surface area contributed by atoms with Crippen molar-refractivity contribution >= 4 is 54.6 Å². The van der Waals surface area contributed by atoms with Crippen molar-refractivity contribution < 1.29 is 21.6 Å². The summed E-state index contributed by atoms with van der Waals surface area (Å²) in [4.78, 5) is -0.295. The highest BCUT2D eigenvalue weighted by atomic mass is 35.5. The highest BCUT2D eigenvalue weighted by Gasteiger charge is 2.21. The maximum Gasteiger partial charge on any atom is 0.263 e. The summed E-state index contributed by atoms with van der Waals surface area (Å²) in [6.07, 6.45) is 0. The fourth-order valence-corrected chi connectivity index (χ4v) is 5.23. The van der Waals surface area contributed by atoms with Crippen LogP contribution in [0, 0.1) is 0 Å². The molecule has 2 N–H and O–H groups in total. The van der Waals surface area contributed by atoms with Crippen molar-refractivity contribution in [1.82, 2.24) is 0 Å². The Kier molecular flexibility index (Phi) is 6.47. The van der Waals surface area contributed by atoms with Crippen LogP contribution in [0.5, 0.6) is 5.75 Å². The number of halogens is 2. The normalized spacial score (nSPS) is 11.7. The monoisotopic (exact) mass is 486 g/mol. The van der Waals surface area contributed by atoms with Gasteiger partial charge in [-0.2, -0.15) is 0 Å². The molecule has 158 valence electrons. The van der Waals surface area contributed by atoms with Crippen LogP contribution < -0.4 is 14.2 Å². The zero-order valence-electron chi connectivity index (χ0n) is 15.5. The largest absolute Gasteiger partial charge is 0.497 e. The van der Waals surface area contributed by atoms with Crippen molar-refractivity contribution in [2.75, 3.05) is 16.6 Å². The van der Waals surface area contributed by atoms with Crippen LogP contribution in [-0.4, -0.2) is 23.9 Å². The summed E-state index contributed by atoms with van der Waals surface area (Å²) < 4.78 is 60.4. The molecule has 0 fully saturated rings. The molecule has 0 saturated heterocycles. The number of anilines is 2. The molecule has 0 aliphatic carbocycles. The molecular formula is C19H16Cl2N2O5S2. The van der Waals surface area contributed by atoms with Crippen LogP contribution in [0.1, 0.15) is 0 Å². The number of hydrogen-bond donors (Lipinski definition) is 2. The van der Waals surface area contributed by atoms with Crippen LogP contribution in [0.3, 0.4) is 0 Å². The molecule has 0 radical (unpaired) electrons. The molecule has 0 aliphatic rings. The predicted octanol–water partition coefficient (Wildman–Crippen LogP) is 4.60. The van der Waals surface area contributed by atoms with Crippen molar-refractivity contribution in [1.29, 1.82) is 0 Å². The van der Waals surface area contributed by atoms with Gasteiger partial charge in [0.25, 0.3) is 20.0 Å². The molecule has 7 nitrogen and oxygen atoms in total. The molecule has 0 saturated carbocycles. The summed E-state index contributed by atoms with van der Waals surface area (Å²) in [6.45, 7) is 0. The summed E-state index contributed by atoms with van der Waals surface area (Å²) >= 11 is 11.9. The lowest BCUT2D eigenvalue weighted by Crippen LogP contribution is -2.16. The van der Waals surface area contributed by atoms with E-state index >= 15 is 0 Å². The third-order valence-corrected chi connectivity index (χ3v) is 7.45. The molecule has 30 heavy (non-hydrogen) atoms. The lowest BCUT2D eigenvalue weighted by molar-refractivity contribution is 0.414. The van der Waals surface area contributed by atoms with E-state index in [1.165, 1.54) is 67.8 Å². The molecule has 0 spiro atoms. The van der Waals surface area contributed by atoms with E-state index in [4.69, 9.17) is 27.9 Å². The van der Waals surface area contributed by atoms with Crippen LogP contribution in [-0.2, 0) is 20.0 Å². The lowest BCUT2D eigenvalue weighted by atomic mass is 10.3. The Hall–Kier alpha value is -2.46. The van der Waals surface area contributed by atoms with E-state index < -0.39 is 20.0 Å². The van der Waals surface area contributed by atoms with Gasteiger partial charge < -0.3 is 4.74 Å². The first-order valence-corrected chi connectivity index (χ1v) is 12.1. The SMILES string of the molecule is COc1ccc(S(=O)(=O)Nc2ccc(Cl)c(S(=O)(=O)Nc3ccc(Cl)cc3)c2)cc1. The predicted molar refractivity (Wildman–Crippen MR) is 118 cm³/mol. The number of sulfonamides is 2. The van der Waals surface area contributed by atoms with Crippen molar-refractivity contribution in [2.45, 2.75) is 9.79 Å². The van der Waals surface area contributed by atoms with Gasteiger partial charge in [-0.05, 0) is 66.7 Å². The summed E-state index contributed by atoms with van der Waals surface area (Å²) in [5.41, 5.74) is 0.311. The molecule has 0 amide bonds. The average Bonchev–Trinajstić information content (AvgIpc) is 2.71. The minimum Gasteiger partial charge on any atom is -0.497 e. The Morgan fingerprint density at radius 3 is 1.90 bits per heavy atom. The van der Waals surface area contributed by atoms with Crippen molar-refractivity contribution in [3.63, 3.8) is 0 Å². The van der Waals surface area contributed by atoms with Gasteiger partial charge in [0.05, 0.1) is 22.7 Å². The maximum atomic E-state index is 12.7. The Morgan fingerprint density at radius 2 is 1.30 bits per heavy atom. The fourth-order valence-electron chi connectivity index (χ4n) is 2.47. The van der Waals surface area contributed by atoms with Crippen LogP contribution in [0.4, 0.5) is 11.4 Å². The van der Waals surface area contributed by atoms with E-state index in [0.29, 0.717) is 10.8 Å². The summed E-state index contributed by atoms with van der Waals surface area (Å²) in [7, 11) is -6.57. The van der Waals surface area contributed by atoms with E-state index in [9.17, 15) is 16.8 Å². The number of ether oxygens (including phenoxy) is 1. The Labute approximate surface area is 184 Å². The van der Waals surface area contributed by atoms with Crippen molar-refractivity contribution in [3.8, 4) is 5.75 Å². The first kappa shape index (κ1) is 22.2. The Bertz CT molecular complexity index is 1260. The quantitative estimate of drug-likeness (QED) is 0.507. The Morgan fingerprint density at radius 1 is 0.733 bits per heavy atom. The maximum absolute atomic E-state index is 12.7. The van der Waals surface area contributed by atoms with Gasteiger partial charge in [0.15, 0.2) is 0 Å². The standard InChI is InChI=1S/C19H16Cl2N2O5S2/c1-28-16-7-9-17(10-8-16)29(24,25)23-15-6-11-18(21)19(12-15)30(26,27)22-14-4-2-13(20)3-5-14/h2-12,22-23H,1H3. The second kappa shape index (κ2) is 8.73. The van der Waals surface area contributed by atoms with Gasteiger partial charge in [0.1, 0.15) is 10.6 Å². The zero-order chi connectivity index (χ0) is 21.9. The molecule has 0 aromatic heterocycles. The van der Waals surface area contributed by atoms with Crippen LogP contribution >= 0.6 is 23.2 Å². The van der Waals surface area contributed by atoms with Gasteiger partial charge >= 0.3 is 0 Å². The number of rotatable bonds is 7. The van der Waals surface area contributed by atoms with Crippen LogP contribution in [0.25, 0.3) is 0 Å². The Balaban J connectivity index is 1.89. The number of benzene rings is 3. The van der Waals surface area contributed by atoms with Gasteiger partial charge in [0.2, 0.25) is 0 Å². The molecular weight excluding hydrogens is 471 g/mol. The van der Waals surface area contributed by atoms with Gasteiger partial charge in [-0.3, -0.25) is 9.44 Å². The van der Waals surface area contributed by atoms with E-state index in [-0.39, 0.29) is 26.2 Å². The van der Waals surface area contributed by atoms with E-state index in [0.717, 1.165) is 6.07 Å². The van der Waals surface area contributed by atoms with E-state index in [2.05, 4.69) is 9.44 Å². The van der Waals surface area contributed by atoms with Crippen LogP contribution in [0.2, 0.25) is 10.0 Å². The summed E-state index contributed by atoms with van der Waals surface area (Å²) in [5.74, 6) is 0.502. The van der Waals surface area contributed by atoms with Crippen molar-refractivity contribution in [3.05, 3.63) is 76.8 Å². The number of hydrogen-bond acceptors (Lipinski definition) is 5. The molecule has 0 bridgehead atoms. The van der Waals surface area contributed by atoms with Gasteiger partial charge in [-0.15, -0.1) is 0 Å². The summed E-state index contributed by atoms with van der Waals surface area (Å²) in [6, 6.07) is 15.6. The molecule has 3 rings (SSSR count). The highest BCUT2D eigenvalue weighted by Crippen LogP contribution is 2.28. The fraction of sp³-hybridized carbons (Fsp3) is 0.0526. The zero-order valence-corrected chi connectivity index (χ0v) is 18.6. The minimum absolute atomic E-state index is 0.0121. The molecule has 0 atom stereocenters. The average molecular weight is 487 g/mol. The molecule has 0 heterocycles. The first-order chi connectivity index (χ1) is 14.1. The third kappa shape index (κ3) is 5.17. The minimum atomic E-state index is -4.08. The second-order valence-corrected chi connectivity index (χ2v) is 10.2. The van der Waals surface area contributed by atoms with Gasteiger partial charge in [-0.25, -0.2) is 16.8 Å². The summed E-state index contributed by atoms with van der Waals surface area (Å²) in [5, 5.41) is 0.384. The molecule has 3 aromatic rings.